The van der Waals surface area contributed by atoms with Crippen molar-refractivity contribution in [3.63, 3.8) is 0 Å². The lowest BCUT2D eigenvalue weighted by atomic mass is 10.1. The Bertz CT molecular complexity index is 784. The van der Waals surface area contributed by atoms with Crippen molar-refractivity contribution >= 4 is 17.5 Å². The highest BCUT2D eigenvalue weighted by Crippen LogP contribution is 2.36. The molecule has 7 nitrogen and oxygen atoms in total. The molecule has 0 radical (unpaired) electrons. The predicted octanol–water partition coefficient (Wildman–Crippen LogP) is 2.97. The van der Waals surface area contributed by atoms with Gasteiger partial charge in [0.25, 0.3) is 12.3 Å². The smallest absolute Gasteiger partial charge is 0.347 e. The Morgan fingerprint density at radius 3 is 2.27 bits per heavy atom. The lowest BCUT2D eigenvalue weighted by Crippen LogP contribution is -2.20. The van der Waals surface area contributed by atoms with Crippen LogP contribution >= 0.6 is 0 Å². The molecule has 2 rings (SSSR count). The normalized spacial score (nSPS) is 11.7. The molecule has 0 aliphatic rings. The van der Waals surface area contributed by atoms with Gasteiger partial charge in [-0.1, -0.05) is 0 Å². The van der Waals surface area contributed by atoms with Gasteiger partial charge >= 0.3 is 6.18 Å². The van der Waals surface area contributed by atoms with Crippen molar-refractivity contribution in [2.75, 3.05) is 24.3 Å². The second kappa shape index (κ2) is 7.22. The fraction of sp³-hybridized carbons (Fsp3) is 0.429. The first-order chi connectivity index (χ1) is 12.1. The average molecular weight is 378 g/mol. The zero-order chi connectivity index (χ0) is 19.6. The van der Waals surface area contributed by atoms with Crippen molar-refractivity contribution in [2.45, 2.75) is 26.1 Å². The predicted molar refractivity (Wildman–Crippen MR) is 82.2 cm³/mol. The molecular weight excluding hydrogens is 363 g/mol. The van der Waals surface area contributed by atoms with Crippen molar-refractivity contribution in [1.82, 2.24) is 19.7 Å². The fourth-order valence-electron chi connectivity index (χ4n) is 2.17. The summed E-state index contributed by atoms with van der Waals surface area (Å²) in [6, 6.07) is 0. The number of amides is 1. The second-order valence-corrected chi connectivity index (χ2v) is 5.34. The van der Waals surface area contributed by atoms with Gasteiger partial charge in [0, 0.05) is 20.6 Å². The topological polar surface area (TPSA) is 75.9 Å². The molecule has 0 saturated heterocycles. The van der Waals surface area contributed by atoms with Gasteiger partial charge in [0.1, 0.15) is 5.69 Å². The van der Waals surface area contributed by atoms with E-state index < -0.39 is 35.5 Å². The van der Waals surface area contributed by atoms with Crippen molar-refractivity contribution in [3.8, 4) is 0 Å². The molecule has 2 aromatic rings. The number of nitrogens with zero attached hydrogens (tertiary/aromatic N) is 5. The van der Waals surface area contributed by atoms with Crippen molar-refractivity contribution in [1.29, 1.82) is 0 Å². The van der Waals surface area contributed by atoms with E-state index in [2.05, 4.69) is 20.4 Å². The van der Waals surface area contributed by atoms with Crippen LogP contribution in [-0.2, 0) is 12.7 Å². The van der Waals surface area contributed by atoms with Crippen LogP contribution in [0.25, 0.3) is 0 Å². The van der Waals surface area contributed by atoms with E-state index in [1.54, 1.807) is 19.0 Å². The number of nitrogens with one attached hydrogen (secondary N) is 1. The van der Waals surface area contributed by atoms with Gasteiger partial charge in [-0.05, 0) is 6.92 Å². The van der Waals surface area contributed by atoms with Crippen LogP contribution in [0.3, 0.4) is 0 Å². The molecule has 2 aromatic heterocycles. The molecule has 1 amide bonds. The van der Waals surface area contributed by atoms with Crippen LogP contribution in [0.5, 0.6) is 0 Å². The summed E-state index contributed by atoms with van der Waals surface area (Å²) in [5.41, 5.74) is -4.02. The summed E-state index contributed by atoms with van der Waals surface area (Å²) in [7, 11) is 3.33. The van der Waals surface area contributed by atoms with Crippen molar-refractivity contribution in [3.05, 3.63) is 29.3 Å². The van der Waals surface area contributed by atoms with Gasteiger partial charge in [-0.25, -0.2) is 18.7 Å². The summed E-state index contributed by atoms with van der Waals surface area (Å²) in [6.45, 7) is 1.09. The van der Waals surface area contributed by atoms with Crippen molar-refractivity contribution in [2.24, 2.45) is 0 Å². The van der Waals surface area contributed by atoms with Gasteiger partial charge in [-0.15, -0.1) is 0 Å². The molecule has 0 unspecified atom stereocenters. The quantitative estimate of drug-likeness (QED) is 0.810. The minimum atomic E-state index is -5.07. The van der Waals surface area contributed by atoms with Gasteiger partial charge < -0.3 is 10.2 Å². The molecule has 0 aliphatic carbocycles. The molecule has 0 aliphatic heterocycles. The number of alkyl halides is 5. The molecule has 2 heterocycles. The SMILES string of the molecule is CCn1nc(C(F)(F)F)c(C(=O)Nc2cnc(N(C)C)nc2)c1C(F)F. The first-order valence-electron chi connectivity index (χ1n) is 7.33. The van der Waals surface area contributed by atoms with Crippen LogP contribution in [0.1, 0.15) is 35.1 Å². The third kappa shape index (κ3) is 3.89. The minimum Gasteiger partial charge on any atom is -0.347 e. The minimum absolute atomic E-state index is 0.0433. The molecule has 0 saturated carbocycles. The molecule has 0 spiro atoms. The molecular formula is C14H15F5N6O. The summed E-state index contributed by atoms with van der Waals surface area (Å²) >= 11 is 0. The maximum atomic E-state index is 13.3. The fourth-order valence-corrected chi connectivity index (χ4v) is 2.17. The first kappa shape index (κ1) is 19.5. The maximum Gasteiger partial charge on any atom is 0.435 e. The van der Waals surface area contributed by atoms with Crippen LogP contribution in [0.15, 0.2) is 12.4 Å². The van der Waals surface area contributed by atoms with E-state index in [4.69, 9.17) is 0 Å². The van der Waals surface area contributed by atoms with Gasteiger partial charge in [0.15, 0.2) is 5.69 Å². The van der Waals surface area contributed by atoms with Crippen LogP contribution in [0, 0.1) is 0 Å². The highest BCUT2D eigenvalue weighted by atomic mass is 19.4. The van der Waals surface area contributed by atoms with Crippen molar-refractivity contribution < 1.29 is 26.7 Å². The lowest BCUT2D eigenvalue weighted by Gasteiger charge is -2.11. The van der Waals surface area contributed by atoms with Gasteiger partial charge in [-0.3, -0.25) is 9.48 Å². The second-order valence-electron chi connectivity index (χ2n) is 5.34. The molecule has 0 fully saturated rings. The molecule has 26 heavy (non-hydrogen) atoms. The van der Waals surface area contributed by atoms with E-state index in [0.717, 1.165) is 12.4 Å². The molecule has 0 atom stereocenters. The number of rotatable bonds is 5. The van der Waals surface area contributed by atoms with Crippen LogP contribution in [0.2, 0.25) is 0 Å². The highest BCUT2D eigenvalue weighted by Gasteiger charge is 2.43. The Labute approximate surface area is 144 Å². The maximum absolute atomic E-state index is 13.3. The largest absolute Gasteiger partial charge is 0.435 e. The Hall–Kier alpha value is -2.79. The molecule has 142 valence electrons. The summed E-state index contributed by atoms with van der Waals surface area (Å²) in [5.74, 6) is -1.07. The average Bonchev–Trinajstić information content (AvgIpc) is 2.95. The van der Waals surface area contributed by atoms with Crippen LogP contribution in [0.4, 0.5) is 33.6 Å². The zero-order valence-corrected chi connectivity index (χ0v) is 14.0. The van der Waals surface area contributed by atoms with Gasteiger partial charge in [0.05, 0.1) is 23.6 Å². The Morgan fingerprint density at radius 2 is 1.85 bits per heavy atom. The van der Waals surface area contributed by atoms with Gasteiger partial charge in [0.2, 0.25) is 5.95 Å². The highest BCUT2D eigenvalue weighted by molar-refractivity contribution is 6.06. The van der Waals surface area contributed by atoms with E-state index in [-0.39, 0.29) is 12.2 Å². The molecule has 0 aromatic carbocycles. The van der Waals surface area contributed by atoms with Gasteiger partial charge in [-0.2, -0.15) is 18.3 Å². The Morgan fingerprint density at radius 1 is 1.27 bits per heavy atom. The Balaban J connectivity index is 2.45. The summed E-state index contributed by atoms with van der Waals surface area (Å²) in [4.78, 5) is 21.6. The standard InChI is InChI=1S/C14H15F5N6O/c1-4-25-9(11(15)16)8(10(23-25)14(17,18)19)12(26)22-7-5-20-13(21-6-7)24(2)3/h5-6,11H,4H2,1-3H3,(H,22,26). The number of hydrogen-bond acceptors (Lipinski definition) is 5. The van der Waals surface area contributed by atoms with E-state index in [1.165, 1.54) is 6.92 Å². The number of hydrogen-bond donors (Lipinski definition) is 1. The lowest BCUT2D eigenvalue weighted by molar-refractivity contribution is -0.141. The zero-order valence-electron chi connectivity index (χ0n) is 14.0. The number of aromatic nitrogens is 4. The van der Waals surface area contributed by atoms with Crippen LogP contribution in [-0.4, -0.2) is 39.8 Å². The number of halogens is 5. The first-order valence-corrected chi connectivity index (χ1v) is 7.33. The third-order valence-corrected chi connectivity index (χ3v) is 3.29. The number of carbonyl (C=O) groups is 1. The Kier molecular flexibility index (Phi) is 5.42. The van der Waals surface area contributed by atoms with E-state index in [9.17, 15) is 26.7 Å². The van der Waals surface area contributed by atoms with E-state index in [1.807, 2.05) is 0 Å². The van der Waals surface area contributed by atoms with Crippen LogP contribution < -0.4 is 10.2 Å². The number of aryl methyl sites for hydroxylation is 1. The van der Waals surface area contributed by atoms with E-state index >= 15 is 0 Å². The summed E-state index contributed by atoms with van der Waals surface area (Å²) in [5, 5.41) is 5.23. The number of anilines is 2. The molecule has 0 bridgehead atoms. The summed E-state index contributed by atoms with van der Waals surface area (Å²) in [6.07, 6.45) is -6.08. The molecule has 1 N–H and O–H groups in total. The van der Waals surface area contributed by atoms with E-state index in [0.29, 0.717) is 10.6 Å². The monoisotopic (exact) mass is 378 g/mol. The molecule has 12 heteroatoms. The number of carbonyl (C=O) groups excluding carboxylic acids is 1. The summed E-state index contributed by atoms with van der Waals surface area (Å²) < 4.78 is 66.5. The third-order valence-electron chi connectivity index (χ3n) is 3.29.